The number of nitrogens with one attached hydrogen (secondary N) is 1. The molecule has 4 aromatic rings. The molecule has 0 fully saturated rings. The van der Waals surface area contributed by atoms with Crippen molar-refractivity contribution >= 4 is 5.91 Å². The van der Waals surface area contributed by atoms with E-state index in [1.54, 1.807) is 19.3 Å². The van der Waals surface area contributed by atoms with Gasteiger partial charge in [0, 0.05) is 18.6 Å². The van der Waals surface area contributed by atoms with E-state index in [0.717, 1.165) is 22.4 Å². The molecule has 1 amide bonds. The molecule has 0 aliphatic rings. The van der Waals surface area contributed by atoms with Gasteiger partial charge in [0.1, 0.15) is 5.69 Å². The summed E-state index contributed by atoms with van der Waals surface area (Å²) in [4.78, 5) is 20.8. The van der Waals surface area contributed by atoms with Crippen LogP contribution in [-0.4, -0.2) is 30.8 Å². The fourth-order valence-electron chi connectivity index (χ4n) is 2.95. The van der Waals surface area contributed by atoms with E-state index in [9.17, 15) is 4.79 Å². The standard InChI is InChI=1S/C21H20N6O2/c1-14-12-22-19(21(28)23-13-20-25-15(2)26-29-20)11-17(14)10-16-4-6-18(7-5-16)27-9-3-8-24-27/h3-9,11-12H,10,13H2,1-2H3,(H,23,28). The zero-order chi connectivity index (χ0) is 20.2. The zero-order valence-electron chi connectivity index (χ0n) is 16.2. The highest BCUT2D eigenvalue weighted by molar-refractivity contribution is 5.92. The molecule has 0 aliphatic carbocycles. The molecule has 3 heterocycles. The van der Waals surface area contributed by atoms with Crippen LogP contribution in [0, 0.1) is 13.8 Å². The molecule has 0 saturated carbocycles. The van der Waals surface area contributed by atoms with E-state index in [1.165, 1.54) is 0 Å². The third kappa shape index (κ3) is 4.37. The molecule has 0 bridgehead atoms. The highest BCUT2D eigenvalue weighted by Gasteiger charge is 2.12. The van der Waals surface area contributed by atoms with E-state index in [0.29, 0.717) is 23.8 Å². The number of pyridine rings is 1. The fourth-order valence-corrected chi connectivity index (χ4v) is 2.95. The molecule has 0 atom stereocenters. The number of aromatic nitrogens is 5. The Morgan fingerprint density at radius 2 is 2.03 bits per heavy atom. The maximum atomic E-state index is 12.4. The number of aryl methyl sites for hydroxylation is 2. The average molecular weight is 388 g/mol. The summed E-state index contributed by atoms with van der Waals surface area (Å²) >= 11 is 0. The van der Waals surface area contributed by atoms with Crippen LogP contribution in [0.5, 0.6) is 0 Å². The zero-order valence-corrected chi connectivity index (χ0v) is 16.2. The number of hydrogen-bond donors (Lipinski definition) is 1. The van der Waals surface area contributed by atoms with Gasteiger partial charge in [-0.15, -0.1) is 0 Å². The van der Waals surface area contributed by atoms with Crippen LogP contribution in [0.2, 0.25) is 0 Å². The van der Waals surface area contributed by atoms with Crippen molar-refractivity contribution in [2.75, 3.05) is 0 Å². The quantitative estimate of drug-likeness (QED) is 0.545. The van der Waals surface area contributed by atoms with Crippen LogP contribution in [0.4, 0.5) is 0 Å². The van der Waals surface area contributed by atoms with Gasteiger partial charge >= 0.3 is 0 Å². The number of hydrogen-bond acceptors (Lipinski definition) is 6. The third-order valence-corrected chi connectivity index (χ3v) is 4.52. The van der Waals surface area contributed by atoms with Crippen LogP contribution in [0.15, 0.2) is 59.5 Å². The fraction of sp³-hybridized carbons (Fsp3) is 0.190. The largest absolute Gasteiger partial charge is 0.342 e. The van der Waals surface area contributed by atoms with Gasteiger partial charge in [-0.05, 0) is 61.2 Å². The molecular weight excluding hydrogens is 368 g/mol. The Morgan fingerprint density at radius 1 is 1.21 bits per heavy atom. The van der Waals surface area contributed by atoms with Crippen LogP contribution in [-0.2, 0) is 13.0 Å². The minimum atomic E-state index is -0.281. The van der Waals surface area contributed by atoms with Gasteiger partial charge in [0.2, 0.25) is 5.89 Å². The summed E-state index contributed by atoms with van der Waals surface area (Å²) in [6.45, 7) is 3.88. The topological polar surface area (TPSA) is 98.7 Å². The molecule has 146 valence electrons. The molecule has 29 heavy (non-hydrogen) atoms. The van der Waals surface area contributed by atoms with Crippen LogP contribution in [0.25, 0.3) is 5.69 Å². The lowest BCUT2D eigenvalue weighted by Gasteiger charge is -2.09. The van der Waals surface area contributed by atoms with Crippen molar-refractivity contribution in [3.63, 3.8) is 0 Å². The SMILES string of the molecule is Cc1noc(CNC(=O)c2cc(Cc3ccc(-n4cccn4)cc3)c(C)cn2)n1. The minimum absolute atomic E-state index is 0.166. The van der Waals surface area contributed by atoms with Gasteiger partial charge < -0.3 is 9.84 Å². The van der Waals surface area contributed by atoms with Gasteiger partial charge in [0.15, 0.2) is 5.82 Å². The molecule has 0 spiro atoms. The summed E-state index contributed by atoms with van der Waals surface area (Å²) in [5.41, 5.74) is 4.58. The number of amides is 1. The predicted molar refractivity (Wildman–Crippen MR) is 106 cm³/mol. The number of carbonyl (C=O) groups excluding carboxylic acids is 1. The first kappa shape index (κ1) is 18.5. The lowest BCUT2D eigenvalue weighted by molar-refractivity contribution is 0.0941. The highest BCUT2D eigenvalue weighted by atomic mass is 16.5. The van der Waals surface area contributed by atoms with E-state index in [1.807, 2.05) is 42.1 Å². The Morgan fingerprint density at radius 3 is 2.72 bits per heavy atom. The maximum Gasteiger partial charge on any atom is 0.270 e. The van der Waals surface area contributed by atoms with Gasteiger partial charge in [-0.3, -0.25) is 9.78 Å². The van der Waals surface area contributed by atoms with Gasteiger partial charge in [0.05, 0.1) is 12.2 Å². The first-order chi connectivity index (χ1) is 14.1. The number of nitrogens with zero attached hydrogens (tertiary/aromatic N) is 5. The monoisotopic (exact) mass is 388 g/mol. The van der Waals surface area contributed by atoms with E-state index in [2.05, 4.69) is 37.7 Å². The second-order valence-corrected chi connectivity index (χ2v) is 6.71. The van der Waals surface area contributed by atoms with Crippen LogP contribution < -0.4 is 5.32 Å². The number of rotatable bonds is 6. The lowest BCUT2D eigenvalue weighted by atomic mass is 10.0. The molecule has 1 N–H and O–H groups in total. The molecule has 4 rings (SSSR count). The van der Waals surface area contributed by atoms with Crippen molar-refractivity contribution in [1.29, 1.82) is 0 Å². The van der Waals surface area contributed by atoms with E-state index in [-0.39, 0.29) is 12.5 Å². The van der Waals surface area contributed by atoms with Gasteiger partial charge in [-0.2, -0.15) is 10.1 Å². The van der Waals surface area contributed by atoms with Gasteiger partial charge in [0.25, 0.3) is 5.91 Å². The summed E-state index contributed by atoms with van der Waals surface area (Å²) < 4.78 is 6.82. The summed E-state index contributed by atoms with van der Waals surface area (Å²) in [5, 5.41) is 10.7. The average Bonchev–Trinajstić information content (AvgIpc) is 3.40. The van der Waals surface area contributed by atoms with Crippen molar-refractivity contribution < 1.29 is 9.32 Å². The molecular formula is C21H20N6O2. The Labute approximate surface area is 167 Å². The molecule has 3 aromatic heterocycles. The first-order valence-corrected chi connectivity index (χ1v) is 9.20. The summed E-state index contributed by atoms with van der Waals surface area (Å²) in [6, 6.07) is 11.9. The minimum Gasteiger partial charge on any atom is -0.342 e. The van der Waals surface area contributed by atoms with Crippen LogP contribution >= 0.6 is 0 Å². The summed E-state index contributed by atoms with van der Waals surface area (Å²) in [5.74, 6) is 0.611. The van der Waals surface area contributed by atoms with Crippen molar-refractivity contribution in [2.24, 2.45) is 0 Å². The van der Waals surface area contributed by atoms with Crippen LogP contribution in [0.3, 0.4) is 0 Å². The predicted octanol–water partition coefficient (Wildman–Crippen LogP) is 2.79. The highest BCUT2D eigenvalue weighted by Crippen LogP contribution is 2.16. The first-order valence-electron chi connectivity index (χ1n) is 9.20. The Hall–Kier alpha value is -3.81. The van der Waals surface area contributed by atoms with E-state index < -0.39 is 0 Å². The number of carbonyl (C=O) groups is 1. The maximum absolute atomic E-state index is 12.4. The van der Waals surface area contributed by atoms with Gasteiger partial charge in [-0.25, -0.2) is 4.68 Å². The molecule has 0 radical (unpaired) electrons. The van der Waals surface area contributed by atoms with E-state index >= 15 is 0 Å². The normalized spacial score (nSPS) is 10.8. The van der Waals surface area contributed by atoms with Crippen molar-refractivity contribution in [3.05, 3.63) is 89.1 Å². The molecule has 0 saturated heterocycles. The van der Waals surface area contributed by atoms with Crippen molar-refractivity contribution in [3.8, 4) is 5.69 Å². The van der Waals surface area contributed by atoms with E-state index in [4.69, 9.17) is 4.52 Å². The second kappa shape index (κ2) is 8.05. The number of benzene rings is 1. The smallest absolute Gasteiger partial charge is 0.270 e. The Bertz CT molecular complexity index is 1120. The summed E-state index contributed by atoms with van der Waals surface area (Å²) in [6.07, 6.45) is 6.08. The van der Waals surface area contributed by atoms with Crippen LogP contribution in [0.1, 0.15) is 38.9 Å². The lowest BCUT2D eigenvalue weighted by Crippen LogP contribution is -2.24. The molecule has 8 heteroatoms. The van der Waals surface area contributed by atoms with Crippen molar-refractivity contribution in [1.82, 2.24) is 30.2 Å². The third-order valence-electron chi connectivity index (χ3n) is 4.52. The second-order valence-electron chi connectivity index (χ2n) is 6.71. The molecule has 1 aromatic carbocycles. The Balaban J connectivity index is 1.45. The van der Waals surface area contributed by atoms with Crippen molar-refractivity contribution in [2.45, 2.75) is 26.8 Å². The molecule has 0 aliphatic heterocycles. The Kier molecular flexibility index (Phi) is 5.15. The summed E-state index contributed by atoms with van der Waals surface area (Å²) in [7, 11) is 0. The van der Waals surface area contributed by atoms with Gasteiger partial charge in [-0.1, -0.05) is 17.3 Å². The molecule has 0 unspecified atom stereocenters. The molecule has 8 nitrogen and oxygen atoms in total.